The number of likely N-dealkylation sites (N-methyl/N-ethyl adjacent to an activating group) is 1. The molecule has 3 nitrogen and oxygen atoms in total. The Morgan fingerprint density at radius 2 is 1.86 bits per heavy atom. The molecule has 0 bridgehead atoms. The van der Waals surface area contributed by atoms with Crippen molar-refractivity contribution in [1.82, 2.24) is 4.90 Å². The SMILES string of the molecule is COc1ccccc1CN(C)C1(CN)CCCCC1(C)C. The molecule has 0 saturated heterocycles. The molecule has 2 N–H and O–H groups in total. The lowest BCUT2D eigenvalue weighted by molar-refractivity contribution is -0.0337. The maximum absolute atomic E-state index is 6.27. The molecule has 0 amide bonds. The number of nitrogens with zero attached hydrogens (tertiary/aromatic N) is 1. The van der Waals surface area contributed by atoms with E-state index in [4.69, 9.17) is 10.5 Å². The molecule has 0 heterocycles. The smallest absolute Gasteiger partial charge is 0.123 e. The van der Waals surface area contributed by atoms with E-state index in [0.29, 0.717) is 6.54 Å². The summed E-state index contributed by atoms with van der Waals surface area (Å²) in [5, 5.41) is 0. The Kier molecular flexibility index (Phi) is 4.95. The molecule has 1 aromatic carbocycles. The average molecular weight is 290 g/mol. The summed E-state index contributed by atoms with van der Waals surface area (Å²) in [6, 6.07) is 8.28. The summed E-state index contributed by atoms with van der Waals surface area (Å²) >= 11 is 0. The lowest BCUT2D eigenvalue weighted by Gasteiger charge is -2.55. The molecule has 1 saturated carbocycles. The first-order valence-electron chi connectivity index (χ1n) is 8.00. The van der Waals surface area contributed by atoms with Crippen molar-refractivity contribution in [3.05, 3.63) is 29.8 Å². The molecule has 1 aromatic rings. The zero-order valence-electron chi connectivity index (χ0n) is 14.0. The maximum Gasteiger partial charge on any atom is 0.123 e. The van der Waals surface area contributed by atoms with Gasteiger partial charge < -0.3 is 10.5 Å². The van der Waals surface area contributed by atoms with Gasteiger partial charge in [0.25, 0.3) is 0 Å². The molecule has 118 valence electrons. The van der Waals surface area contributed by atoms with Gasteiger partial charge in [0, 0.05) is 24.2 Å². The van der Waals surface area contributed by atoms with E-state index >= 15 is 0 Å². The van der Waals surface area contributed by atoms with Crippen LogP contribution < -0.4 is 10.5 Å². The third-order valence-electron chi connectivity index (χ3n) is 5.57. The van der Waals surface area contributed by atoms with Gasteiger partial charge in [0.05, 0.1) is 7.11 Å². The van der Waals surface area contributed by atoms with Crippen LogP contribution in [0.5, 0.6) is 5.75 Å². The monoisotopic (exact) mass is 290 g/mol. The van der Waals surface area contributed by atoms with Gasteiger partial charge in [-0.3, -0.25) is 4.90 Å². The molecule has 3 heteroatoms. The highest BCUT2D eigenvalue weighted by atomic mass is 16.5. The Morgan fingerprint density at radius 1 is 1.19 bits per heavy atom. The Bertz CT molecular complexity index is 472. The standard InChI is InChI=1S/C18H30N2O/c1-17(2)11-7-8-12-18(17,14-19)20(3)13-15-9-5-6-10-16(15)21-4/h5-6,9-10H,7-8,11-14,19H2,1-4H3. The minimum absolute atomic E-state index is 0.0755. The van der Waals surface area contributed by atoms with E-state index in [9.17, 15) is 0 Å². The van der Waals surface area contributed by atoms with Gasteiger partial charge in [-0.15, -0.1) is 0 Å². The van der Waals surface area contributed by atoms with E-state index in [-0.39, 0.29) is 11.0 Å². The van der Waals surface area contributed by atoms with Crippen LogP contribution in [-0.2, 0) is 6.54 Å². The number of hydrogen-bond acceptors (Lipinski definition) is 3. The van der Waals surface area contributed by atoms with Crippen LogP contribution in [0.1, 0.15) is 45.1 Å². The molecule has 2 rings (SSSR count). The normalized spacial score (nSPS) is 25.0. The summed E-state index contributed by atoms with van der Waals surface area (Å²) < 4.78 is 5.49. The molecular formula is C18H30N2O. The fourth-order valence-corrected chi connectivity index (χ4v) is 4.04. The van der Waals surface area contributed by atoms with Crippen LogP contribution in [0.3, 0.4) is 0 Å². The molecule has 1 aliphatic rings. The first-order valence-corrected chi connectivity index (χ1v) is 8.00. The summed E-state index contributed by atoms with van der Waals surface area (Å²) in [6.07, 6.45) is 5.02. The second kappa shape index (κ2) is 6.37. The number of rotatable bonds is 5. The van der Waals surface area contributed by atoms with E-state index in [1.807, 2.05) is 12.1 Å². The fourth-order valence-electron chi connectivity index (χ4n) is 4.04. The zero-order chi connectivity index (χ0) is 15.5. The second-order valence-corrected chi connectivity index (χ2v) is 6.99. The van der Waals surface area contributed by atoms with Crippen LogP contribution in [0.15, 0.2) is 24.3 Å². The minimum atomic E-state index is 0.0755. The lowest BCUT2D eigenvalue weighted by Crippen LogP contribution is -2.62. The third-order valence-corrected chi connectivity index (χ3v) is 5.57. The average Bonchev–Trinajstić information content (AvgIpc) is 2.47. The van der Waals surface area contributed by atoms with Crippen LogP contribution in [0.4, 0.5) is 0 Å². The Morgan fingerprint density at radius 3 is 2.48 bits per heavy atom. The fraction of sp³-hybridized carbons (Fsp3) is 0.667. The van der Waals surface area contributed by atoms with Crippen molar-refractivity contribution in [2.75, 3.05) is 20.7 Å². The van der Waals surface area contributed by atoms with E-state index in [0.717, 1.165) is 12.3 Å². The Balaban J connectivity index is 2.26. The van der Waals surface area contributed by atoms with E-state index < -0.39 is 0 Å². The van der Waals surface area contributed by atoms with E-state index in [1.165, 1.54) is 31.2 Å². The van der Waals surface area contributed by atoms with Gasteiger partial charge in [0.15, 0.2) is 0 Å². The zero-order valence-corrected chi connectivity index (χ0v) is 14.0. The highest BCUT2D eigenvalue weighted by molar-refractivity contribution is 5.33. The van der Waals surface area contributed by atoms with E-state index in [1.54, 1.807) is 7.11 Å². The largest absolute Gasteiger partial charge is 0.496 e. The third kappa shape index (κ3) is 2.95. The molecule has 0 spiro atoms. The molecule has 21 heavy (non-hydrogen) atoms. The highest BCUT2D eigenvalue weighted by Crippen LogP contribution is 2.47. The second-order valence-electron chi connectivity index (χ2n) is 6.99. The molecule has 1 unspecified atom stereocenters. The van der Waals surface area contributed by atoms with Gasteiger partial charge in [-0.2, -0.15) is 0 Å². The molecule has 0 aromatic heterocycles. The van der Waals surface area contributed by atoms with E-state index in [2.05, 4.69) is 37.9 Å². The molecule has 1 atom stereocenters. The molecule has 0 aliphatic heterocycles. The predicted molar refractivity (Wildman–Crippen MR) is 88.5 cm³/mol. The number of nitrogens with two attached hydrogens (primary N) is 1. The Hall–Kier alpha value is -1.06. The first kappa shape index (κ1) is 16.3. The van der Waals surface area contributed by atoms with Gasteiger partial charge in [-0.1, -0.05) is 44.9 Å². The van der Waals surface area contributed by atoms with Crippen molar-refractivity contribution in [1.29, 1.82) is 0 Å². The number of hydrogen-bond donors (Lipinski definition) is 1. The van der Waals surface area contributed by atoms with Gasteiger partial charge in [0.2, 0.25) is 0 Å². The lowest BCUT2D eigenvalue weighted by atomic mass is 9.62. The van der Waals surface area contributed by atoms with Gasteiger partial charge in [0.1, 0.15) is 5.75 Å². The van der Waals surface area contributed by atoms with Crippen molar-refractivity contribution in [3.8, 4) is 5.75 Å². The van der Waals surface area contributed by atoms with Crippen molar-refractivity contribution in [3.63, 3.8) is 0 Å². The van der Waals surface area contributed by atoms with Crippen molar-refractivity contribution < 1.29 is 4.74 Å². The maximum atomic E-state index is 6.27. The van der Waals surface area contributed by atoms with Crippen LogP contribution >= 0.6 is 0 Å². The van der Waals surface area contributed by atoms with Gasteiger partial charge >= 0.3 is 0 Å². The first-order chi connectivity index (χ1) is 9.97. The molecule has 1 aliphatic carbocycles. The highest BCUT2D eigenvalue weighted by Gasteiger charge is 2.48. The van der Waals surface area contributed by atoms with Gasteiger partial charge in [-0.25, -0.2) is 0 Å². The molecule has 1 fully saturated rings. The number of ether oxygens (including phenoxy) is 1. The summed E-state index contributed by atoms with van der Waals surface area (Å²) in [5.41, 5.74) is 7.82. The van der Waals surface area contributed by atoms with Crippen molar-refractivity contribution in [2.24, 2.45) is 11.1 Å². The topological polar surface area (TPSA) is 38.5 Å². The number of benzene rings is 1. The summed E-state index contributed by atoms with van der Waals surface area (Å²) in [5.74, 6) is 0.963. The number of methoxy groups -OCH3 is 1. The van der Waals surface area contributed by atoms with Gasteiger partial charge in [-0.05, 0) is 31.4 Å². The summed E-state index contributed by atoms with van der Waals surface area (Å²) in [4.78, 5) is 2.46. The van der Waals surface area contributed by atoms with Crippen LogP contribution in [0, 0.1) is 5.41 Å². The molecule has 0 radical (unpaired) electrons. The summed E-state index contributed by atoms with van der Waals surface area (Å²) in [7, 11) is 3.95. The molecular weight excluding hydrogens is 260 g/mol. The summed E-state index contributed by atoms with van der Waals surface area (Å²) in [6.45, 7) is 6.34. The van der Waals surface area contributed by atoms with Crippen molar-refractivity contribution in [2.45, 2.75) is 51.6 Å². The van der Waals surface area contributed by atoms with Crippen LogP contribution in [0.25, 0.3) is 0 Å². The van der Waals surface area contributed by atoms with Crippen LogP contribution in [0.2, 0.25) is 0 Å². The minimum Gasteiger partial charge on any atom is -0.496 e. The number of para-hydroxylation sites is 1. The Labute approximate surface area is 129 Å². The van der Waals surface area contributed by atoms with Crippen LogP contribution in [-0.4, -0.2) is 31.1 Å². The van der Waals surface area contributed by atoms with Crippen molar-refractivity contribution >= 4 is 0 Å². The quantitative estimate of drug-likeness (QED) is 0.903. The predicted octanol–water partition coefficient (Wildman–Crippen LogP) is 3.42.